The molecule has 1 aromatic rings. The predicted octanol–water partition coefficient (Wildman–Crippen LogP) is -0.141. The predicted molar refractivity (Wildman–Crippen MR) is 38.3 cm³/mol. The fraction of sp³-hybridized carbons (Fsp3) is 0.429. The normalized spacial score (nSPS) is 27.1. The van der Waals surface area contributed by atoms with E-state index in [0.717, 1.165) is 0 Å². The number of hydrogen-bond donors (Lipinski definition) is 2. The number of hydrogen-bond acceptors (Lipinski definition) is 4. The summed E-state index contributed by atoms with van der Waals surface area (Å²) in [5.41, 5.74) is 4.89. The first-order valence-electron chi connectivity index (χ1n) is 3.61. The van der Waals surface area contributed by atoms with Crippen LogP contribution < -0.4 is 5.73 Å². The number of carboxylic acid groups (broad SMARTS) is 1. The van der Waals surface area contributed by atoms with Crippen LogP contribution in [0.15, 0.2) is 10.7 Å². The third-order valence-corrected chi connectivity index (χ3v) is 2.25. The van der Waals surface area contributed by atoms with E-state index in [1.165, 1.54) is 6.20 Å². The van der Waals surface area contributed by atoms with Crippen LogP contribution in [-0.2, 0) is 16.8 Å². The van der Waals surface area contributed by atoms with E-state index < -0.39 is 11.5 Å². The maximum Gasteiger partial charge on any atom is 0.328 e. The average Bonchev–Trinajstić information content (AvgIpc) is 2.54. The van der Waals surface area contributed by atoms with E-state index in [-0.39, 0.29) is 0 Å². The zero-order valence-corrected chi connectivity index (χ0v) is 6.28. The van der Waals surface area contributed by atoms with Crippen LogP contribution in [-0.4, -0.2) is 16.2 Å². The lowest BCUT2D eigenvalue weighted by atomic mass is 9.96. The Labute approximate surface area is 68.1 Å². The summed E-state index contributed by atoms with van der Waals surface area (Å²) in [4.78, 5) is 10.8. The molecule has 3 N–H and O–H groups in total. The molecule has 64 valence electrons. The van der Waals surface area contributed by atoms with Crippen LogP contribution in [0, 0.1) is 0 Å². The standard InChI is InChI=1S/C7H8N2O3/c8-7(6(10)11)2-1-5-4(7)3-9-12-5/h3H,1-2,8H2,(H,10,11). The van der Waals surface area contributed by atoms with Gasteiger partial charge < -0.3 is 15.4 Å². The van der Waals surface area contributed by atoms with Crippen LogP contribution in [0.1, 0.15) is 17.7 Å². The number of aliphatic carboxylic acids is 1. The van der Waals surface area contributed by atoms with Gasteiger partial charge in [0.25, 0.3) is 0 Å². The molecule has 0 amide bonds. The average molecular weight is 168 g/mol. The molecule has 5 nitrogen and oxygen atoms in total. The highest BCUT2D eigenvalue weighted by Crippen LogP contribution is 2.34. The van der Waals surface area contributed by atoms with Gasteiger partial charge in [0.2, 0.25) is 0 Å². The Morgan fingerprint density at radius 3 is 3.25 bits per heavy atom. The summed E-state index contributed by atoms with van der Waals surface area (Å²) in [6.07, 6.45) is 2.33. The summed E-state index contributed by atoms with van der Waals surface area (Å²) in [6.45, 7) is 0. The highest BCUT2D eigenvalue weighted by atomic mass is 16.5. The molecule has 1 unspecified atom stereocenters. The minimum Gasteiger partial charge on any atom is -0.480 e. The molecule has 0 radical (unpaired) electrons. The highest BCUT2D eigenvalue weighted by molar-refractivity contribution is 5.81. The van der Waals surface area contributed by atoms with Gasteiger partial charge in [-0.15, -0.1) is 0 Å². The Morgan fingerprint density at radius 1 is 1.83 bits per heavy atom. The SMILES string of the molecule is NC1(C(=O)O)CCc2oncc21. The summed E-state index contributed by atoms with van der Waals surface area (Å²) in [5, 5.41) is 12.3. The second-order valence-electron chi connectivity index (χ2n) is 2.94. The van der Waals surface area contributed by atoms with Crippen molar-refractivity contribution in [3.63, 3.8) is 0 Å². The fourth-order valence-electron chi connectivity index (χ4n) is 1.48. The highest BCUT2D eigenvalue weighted by Gasteiger charge is 2.44. The largest absolute Gasteiger partial charge is 0.480 e. The van der Waals surface area contributed by atoms with E-state index in [2.05, 4.69) is 5.16 Å². The van der Waals surface area contributed by atoms with Gasteiger partial charge in [-0.25, -0.2) is 4.79 Å². The molecule has 1 atom stereocenters. The van der Waals surface area contributed by atoms with Gasteiger partial charge in [-0.3, -0.25) is 0 Å². The lowest BCUT2D eigenvalue weighted by Crippen LogP contribution is -2.42. The van der Waals surface area contributed by atoms with Crippen molar-refractivity contribution < 1.29 is 14.4 Å². The summed E-state index contributed by atoms with van der Waals surface area (Å²) in [6, 6.07) is 0. The first-order valence-corrected chi connectivity index (χ1v) is 3.61. The van der Waals surface area contributed by atoms with Crippen molar-refractivity contribution in [2.75, 3.05) is 0 Å². The number of nitrogens with two attached hydrogens (primary N) is 1. The number of fused-ring (bicyclic) bond motifs is 1. The summed E-state index contributed by atoms with van der Waals surface area (Å²) < 4.78 is 4.83. The topological polar surface area (TPSA) is 89.4 Å². The van der Waals surface area contributed by atoms with Gasteiger partial charge in [0.15, 0.2) is 0 Å². The van der Waals surface area contributed by atoms with Crippen molar-refractivity contribution in [3.05, 3.63) is 17.5 Å². The van der Waals surface area contributed by atoms with Gasteiger partial charge in [-0.1, -0.05) is 5.16 Å². The first-order chi connectivity index (χ1) is 5.64. The van der Waals surface area contributed by atoms with Crippen LogP contribution in [0.5, 0.6) is 0 Å². The van der Waals surface area contributed by atoms with Crippen molar-refractivity contribution in [1.29, 1.82) is 0 Å². The zero-order valence-electron chi connectivity index (χ0n) is 6.28. The summed E-state index contributed by atoms with van der Waals surface area (Å²) in [7, 11) is 0. The van der Waals surface area contributed by atoms with Crippen molar-refractivity contribution in [1.82, 2.24) is 5.16 Å². The quantitative estimate of drug-likeness (QED) is 0.609. The molecular formula is C7H8N2O3. The molecule has 1 heterocycles. The van der Waals surface area contributed by atoms with Crippen molar-refractivity contribution >= 4 is 5.97 Å². The molecule has 0 aromatic carbocycles. The molecule has 0 spiro atoms. The van der Waals surface area contributed by atoms with Gasteiger partial charge in [0, 0.05) is 12.0 Å². The smallest absolute Gasteiger partial charge is 0.328 e. The lowest BCUT2D eigenvalue weighted by molar-refractivity contribution is -0.143. The van der Waals surface area contributed by atoms with Crippen LogP contribution >= 0.6 is 0 Å². The monoisotopic (exact) mass is 168 g/mol. The van der Waals surface area contributed by atoms with Gasteiger partial charge in [0.05, 0.1) is 6.20 Å². The molecule has 12 heavy (non-hydrogen) atoms. The van der Waals surface area contributed by atoms with Gasteiger partial charge >= 0.3 is 5.97 Å². The molecule has 0 aliphatic heterocycles. The van der Waals surface area contributed by atoms with Crippen molar-refractivity contribution in [3.8, 4) is 0 Å². The molecular weight excluding hydrogens is 160 g/mol. The molecule has 5 heteroatoms. The van der Waals surface area contributed by atoms with E-state index >= 15 is 0 Å². The van der Waals surface area contributed by atoms with Crippen LogP contribution in [0.3, 0.4) is 0 Å². The maximum absolute atomic E-state index is 10.8. The van der Waals surface area contributed by atoms with E-state index in [0.29, 0.717) is 24.2 Å². The first kappa shape index (κ1) is 7.30. The Kier molecular flexibility index (Phi) is 1.26. The lowest BCUT2D eigenvalue weighted by Gasteiger charge is -2.16. The Bertz CT molecular complexity index is 333. The zero-order chi connectivity index (χ0) is 8.77. The van der Waals surface area contributed by atoms with Crippen LogP contribution in [0.25, 0.3) is 0 Å². The minimum absolute atomic E-state index is 0.388. The third-order valence-electron chi connectivity index (χ3n) is 2.25. The number of rotatable bonds is 1. The summed E-state index contributed by atoms with van der Waals surface area (Å²) in [5.74, 6) is -0.427. The van der Waals surface area contributed by atoms with Crippen LogP contribution in [0.2, 0.25) is 0 Å². The van der Waals surface area contributed by atoms with E-state index in [9.17, 15) is 4.79 Å². The van der Waals surface area contributed by atoms with Crippen LogP contribution in [0.4, 0.5) is 0 Å². The second kappa shape index (κ2) is 2.07. The Morgan fingerprint density at radius 2 is 2.58 bits per heavy atom. The number of carboxylic acids is 1. The molecule has 2 rings (SSSR count). The number of carbonyl (C=O) groups is 1. The Hall–Kier alpha value is -1.36. The van der Waals surface area contributed by atoms with E-state index in [4.69, 9.17) is 15.4 Å². The summed E-state index contributed by atoms with van der Waals surface area (Å²) >= 11 is 0. The molecule has 0 bridgehead atoms. The molecule has 0 saturated heterocycles. The Balaban J connectivity index is 2.51. The molecule has 0 fully saturated rings. The minimum atomic E-state index is -1.28. The van der Waals surface area contributed by atoms with Gasteiger partial charge in [-0.05, 0) is 6.42 Å². The molecule has 0 saturated carbocycles. The molecule has 1 aliphatic carbocycles. The molecule has 1 aliphatic rings. The molecule has 1 aromatic heterocycles. The van der Waals surface area contributed by atoms with Gasteiger partial charge in [0.1, 0.15) is 11.3 Å². The number of aromatic nitrogens is 1. The number of aryl methyl sites for hydroxylation is 1. The van der Waals surface area contributed by atoms with Gasteiger partial charge in [-0.2, -0.15) is 0 Å². The third kappa shape index (κ3) is 0.711. The maximum atomic E-state index is 10.8. The van der Waals surface area contributed by atoms with Crippen molar-refractivity contribution in [2.45, 2.75) is 18.4 Å². The fourth-order valence-corrected chi connectivity index (χ4v) is 1.48. The van der Waals surface area contributed by atoms with E-state index in [1.807, 2.05) is 0 Å². The second-order valence-corrected chi connectivity index (χ2v) is 2.94. The van der Waals surface area contributed by atoms with Crippen molar-refractivity contribution in [2.24, 2.45) is 5.73 Å². The van der Waals surface area contributed by atoms with E-state index in [1.54, 1.807) is 0 Å². The number of nitrogens with zero attached hydrogens (tertiary/aromatic N) is 1.